The van der Waals surface area contributed by atoms with Crippen LogP contribution in [0, 0.1) is 17.2 Å². The summed E-state index contributed by atoms with van der Waals surface area (Å²) in [5.74, 6) is 0.649. The molecule has 106 valence electrons. The number of ketones is 1. The molecule has 21 heavy (non-hydrogen) atoms. The molecule has 2 atom stereocenters. The first-order valence-corrected chi connectivity index (χ1v) is 7.00. The Balaban J connectivity index is 1.95. The summed E-state index contributed by atoms with van der Waals surface area (Å²) >= 11 is 0. The SMILES string of the molecule is C[C@H]1C(C#N)=C(N)OC2=C1C(=O)C[C@H](c1ccccc1)C2. The van der Waals surface area contributed by atoms with Gasteiger partial charge in [-0.3, -0.25) is 4.79 Å². The van der Waals surface area contributed by atoms with E-state index in [0.717, 1.165) is 5.56 Å². The van der Waals surface area contributed by atoms with E-state index in [1.54, 1.807) is 0 Å². The predicted molar refractivity (Wildman–Crippen MR) is 77.5 cm³/mol. The van der Waals surface area contributed by atoms with E-state index in [-0.39, 0.29) is 23.5 Å². The van der Waals surface area contributed by atoms with Crippen molar-refractivity contribution in [3.8, 4) is 6.07 Å². The number of Topliss-reactive ketones (excluding diaryl/α,β-unsaturated/α-hetero) is 1. The molecule has 0 radical (unpaired) electrons. The average Bonchev–Trinajstić information content (AvgIpc) is 2.47. The first-order chi connectivity index (χ1) is 10.1. The normalized spacial score (nSPS) is 25.2. The fourth-order valence-electron chi connectivity index (χ4n) is 3.13. The van der Waals surface area contributed by atoms with Gasteiger partial charge in [-0.25, -0.2) is 0 Å². The number of nitriles is 1. The average molecular weight is 280 g/mol. The molecule has 0 aromatic heterocycles. The molecule has 0 saturated carbocycles. The van der Waals surface area contributed by atoms with Gasteiger partial charge in [-0.1, -0.05) is 37.3 Å². The highest BCUT2D eigenvalue weighted by atomic mass is 16.5. The minimum atomic E-state index is -0.275. The Morgan fingerprint density at radius 1 is 1.29 bits per heavy atom. The van der Waals surface area contributed by atoms with E-state index in [0.29, 0.717) is 29.7 Å². The van der Waals surface area contributed by atoms with Gasteiger partial charge in [-0.15, -0.1) is 0 Å². The van der Waals surface area contributed by atoms with Gasteiger partial charge in [0.05, 0.1) is 5.57 Å². The van der Waals surface area contributed by atoms with E-state index in [2.05, 4.69) is 0 Å². The summed E-state index contributed by atoms with van der Waals surface area (Å²) in [6.07, 6.45) is 1.10. The maximum absolute atomic E-state index is 12.5. The molecule has 1 heterocycles. The molecule has 4 nitrogen and oxygen atoms in total. The van der Waals surface area contributed by atoms with E-state index < -0.39 is 0 Å². The summed E-state index contributed by atoms with van der Waals surface area (Å²) in [6, 6.07) is 12.0. The van der Waals surface area contributed by atoms with Crippen LogP contribution in [0.3, 0.4) is 0 Å². The molecule has 0 spiro atoms. The van der Waals surface area contributed by atoms with Crippen molar-refractivity contribution >= 4 is 5.78 Å². The van der Waals surface area contributed by atoms with E-state index in [9.17, 15) is 4.79 Å². The number of nitrogens with zero attached hydrogens (tertiary/aromatic N) is 1. The molecule has 1 aliphatic heterocycles. The van der Waals surface area contributed by atoms with Gasteiger partial charge in [-0.05, 0) is 11.5 Å². The number of carbonyl (C=O) groups is 1. The topological polar surface area (TPSA) is 76.1 Å². The largest absolute Gasteiger partial charge is 0.444 e. The predicted octanol–water partition coefficient (Wildman–Crippen LogP) is 2.75. The second-order valence-corrected chi connectivity index (χ2v) is 5.49. The molecule has 0 saturated heterocycles. The molecule has 0 fully saturated rings. The van der Waals surface area contributed by atoms with E-state index in [4.69, 9.17) is 15.7 Å². The molecule has 0 unspecified atom stereocenters. The standard InChI is InChI=1S/C17H16N2O2/c1-10-13(9-18)17(19)21-15-8-12(7-14(20)16(10)15)11-5-3-2-4-6-11/h2-6,10,12H,7-8,19H2,1H3/t10-,12-/m0/s1. The Labute approximate surface area is 123 Å². The molecular weight excluding hydrogens is 264 g/mol. The summed E-state index contributed by atoms with van der Waals surface area (Å²) in [7, 11) is 0. The van der Waals surface area contributed by atoms with Crippen LogP contribution in [0.5, 0.6) is 0 Å². The number of rotatable bonds is 1. The molecule has 1 aliphatic carbocycles. The molecule has 2 aliphatic rings. The first kappa shape index (κ1) is 13.4. The zero-order valence-corrected chi connectivity index (χ0v) is 11.8. The lowest BCUT2D eigenvalue weighted by atomic mass is 9.76. The molecular formula is C17H16N2O2. The van der Waals surface area contributed by atoms with Crippen LogP contribution in [0.1, 0.15) is 31.2 Å². The van der Waals surface area contributed by atoms with Crippen molar-refractivity contribution < 1.29 is 9.53 Å². The van der Waals surface area contributed by atoms with Crippen LogP contribution in [-0.4, -0.2) is 5.78 Å². The van der Waals surface area contributed by atoms with E-state index in [1.165, 1.54) is 0 Å². The minimum absolute atomic E-state index is 0.0536. The van der Waals surface area contributed by atoms with Gasteiger partial charge >= 0.3 is 0 Å². The van der Waals surface area contributed by atoms with Crippen molar-refractivity contribution in [3.05, 3.63) is 58.7 Å². The van der Waals surface area contributed by atoms with Gasteiger partial charge < -0.3 is 10.5 Å². The van der Waals surface area contributed by atoms with Crippen LogP contribution in [0.15, 0.2) is 53.1 Å². The number of nitrogens with two attached hydrogens (primary N) is 1. The number of carbonyl (C=O) groups excluding carboxylic acids is 1. The Kier molecular flexibility index (Phi) is 3.26. The maximum atomic E-state index is 12.5. The number of benzene rings is 1. The minimum Gasteiger partial charge on any atom is -0.444 e. The lowest BCUT2D eigenvalue weighted by molar-refractivity contribution is -0.117. The molecule has 3 rings (SSSR count). The summed E-state index contributed by atoms with van der Waals surface area (Å²) in [4.78, 5) is 12.5. The van der Waals surface area contributed by atoms with E-state index >= 15 is 0 Å². The Morgan fingerprint density at radius 2 is 2.00 bits per heavy atom. The van der Waals surface area contributed by atoms with Crippen molar-refractivity contribution in [3.63, 3.8) is 0 Å². The lowest BCUT2D eigenvalue weighted by Gasteiger charge is -2.32. The Bertz CT molecular complexity index is 695. The number of hydrogen-bond acceptors (Lipinski definition) is 4. The number of hydrogen-bond donors (Lipinski definition) is 1. The van der Waals surface area contributed by atoms with Crippen molar-refractivity contribution in [2.75, 3.05) is 0 Å². The molecule has 0 amide bonds. The molecule has 1 aromatic rings. The second kappa shape index (κ2) is 5.10. The zero-order valence-electron chi connectivity index (χ0n) is 11.8. The summed E-state index contributed by atoms with van der Waals surface area (Å²) in [5, 5.41) is 9.14. The van der Waals surface area contributed by atoms with Gasteiger partial charge in [0.15, 0.2) is 5.78 Å². The molecule has 2 N–H and O–H groups in total. The van der Waals surface area contributed by atoms with Gasteiger partial charge in [0.2, 0.25) is 5.88 Å². The third-order valence-electron chi connectivity index (χ3n) is 4.22. The van der Waals surface area contributed by atoms with Crippen LogP contribution >= 0.6 is 0 Å². The Morgan fingerprint density at radius 3 is 2.67 bits per heavy atom. The zero-order chi connectivity index (χ0) is 15.0. The summed E-state index contributed by atoms with van der Waals surface area (Å²) < 4.78 is 5.58. The quantitative estimate of drug-likeness (QED) is 0.858. The highest BCUT2D eigenvalue weighted by Crippen LogP contribution is 2.42. The van der Waals surface area contributed by atoms with Crippen molar-refractivity contribution in [1.82, 2.24) is 0 Å². The molecule has 1 aromatic carbocycles. The fourth-order valence-corrected chi connectivity index (χ4v) is 3.13. The Hall–Kier alpha value is -2.54. The highest BCUT2D eigenvalue weighted by molar-refractivity contribution is 5.98. The van der Waals surface area contributed by atoms with Crippen molar-refractivity contribution in [1.29, 1.82) is 5.26 Å². The van der Waals surface area contributed by atoms with Gasteiger partial charge in [0.25, 0.3) is 0 Å². The monoisotopic (exact) mass is 280 g/mol. The van der Waals surface area contributed by atoms with Crippen LogP contribution < -0.4 is 5.73 Å². The van der Waals surface area contributed by atoms with Gasteiger partial charge in [0.1, 0.15) is 11.8 Å². The number of allylic oxidation sites excluding steroid dienone is 3. The van der Waals surface area contributed by atoms with E-state index in [1.807, 2.05) is 43.3 Å². The van der Waals surface area contributed by atoms with Gasteiger partial charge in [0, 0.05) is 24.3 Å². The smallest absolute Gasteiger partial charge is 0.204 e. The highest BCUT2D eigenvalue weighted by Gasteiger charge is 2.37. The maximum Gasteiger partial charge on any atom is 0.204 e. The summed E-state index contributed by atoms with van der Waals surface area (Å²) in [5.41, 5.74) is 7.90. The van der Waals surface area contributed by atoms with Crippen LogP contribution in [-0.2, 0) is 9.53 Å². The fraction of sp³-hybridized carbons (Fsp3) is 0.294. The first-order valence-electron chi connectivity index (χ1n) is 7.00. The molecule has 4 heteroatoms. The third kappa shape index (κ3) is 2.21. The van der Waals surface area contributed by atoms with Crippen molar-refractivity contribution in [2.24, 2.45) is 11.7 Å². The third-order valence-corrected chi connectivity index (χ3v) is 4.22. The molecule has 0 bridgehead atoms. The van der Waals surface area contributed by atoms with Crippen molar-refractivity contribution in [2.45, 2.75) is 25.7 Å². The second-order valence-electron chi connectivity index (χ2n) is 5.49. The van der Waals surface area contributed by atoms with Crippen LogP contribution in [0.25, 0.3) is 0 Å². The summed E-state index contributed by atoms with van der Waals surface area (Å²) in [6.45, 7) is 1.84. The lowest BCUT2D eigenvalue weighted by Crippen LogP contribution is -2.29. The van der Waals surface area contributed by atoms with Crippen LogP contribution in [0.4, 0.5) is 0 Å². The number of ether oxygens (including phenoxy) is 1. The van der Waals surface area contributed by atoms with Crippen LogP contribution in [0.2, 0.25) is 0 Å². The van der Waals surface area contributed by atoms with Gasteiger partial charge in [-0.2, -0.15) is 5.26 Å².